The normalized spacial score (nSPS) is 11.2. The van der Waals surface area contributed by atoms with Crippen molar-refractivity contribution in [3.8, 4) is 0 Å². The van der Waals surface area contributed by atoms with E-state index in [1.165, 1.54) is 39.6 Å². The largest absolute Gasteiger partial charge is 0.325 e. The maximum absolute atomic E-state index is 12.5. The fourth-order valence-corrected chi connectivity index (χ4v) is 3.80. The molecular formula is C17H18N4O2S2. The number of fused-ring (bicyclic) bond motifs is 1. The molecule has 0 radical (unpaired) electrons. The van der Waals surface area contributed by atoms with Gasteiger partial charge in [-0.25, -0.2) is 9.97 Å². The first-order chi connectivity index (χ1) is 12.0. The van der Waals surface area contributed by atoms with Crippen molar-refractivity contribution in [3.05, 3.63) is 46.5 Å². The van der Waals surface area contributed by atoms with Gasteiger partial charge in [-0.2, -0.15) is 0 Å². The van der Waals surface area contributed by atoms with Crippen molar-refractivity contribution in [1.29, 1.82) is 0 Å². The van der Waals surface area contributed by atoms with Crippen LogP contribution in [0, 0.1) is 0 Å². The van der Waals surface area contributed by atoms with Crippen molar-refractivity contribution in [3.63, 3.8) is 0 Å². The van der Waals surface area contributed by atoms with Crippen LogP contribution in [0.25, 0.3) is 10.3 Å². The molecule has 0 saturated carbocycles. The minimum Gasteiger partial charge on any atom is -0.325 e. The smallest absolute Gasteiger partial charge is 0.273 e. The summed E-state index contributed by atoms with van der Waals surface area (Å²) in [7, 11) is 0. The average molecular weight is 374 g/mol. The number of amides is 1. The van der Waals surface area contributed by atoms with Crippen LogP contribution >= 0.6 is 23.1 Å². The molecule has 0 aliphatic heterocycles. The van der Waals surface area contributed by atoms with Gasteiger partial charge < -0.3 is 5.32 Å². The van der Waals surface area contributed by atoms with Crippen molar-refractivity contribution in [2.45, 2.75) is 30.6 Å². The summed E-state index contributed by atoms with van der Waals surface area (Å²) >= 11 is 2.77. The highest BCUT2D eigenvalue weighted by Crippen LogP contribution is 2.24. The van der Waals surface area contributed by atoms with Crippen LogP contribution in [-0.4, -0.2) is 26.7 Å². The summed E-state index contributed by atoms with van der Waals surface area (Å²) in [6, 6.07) is 7.71. The molecule has 25 heavy (non-hydrogen) atoms. The zero-order valence-electron chi connectivity index (χ0n) is 14.1. The topological polar surface area (TPSA) is 76.9 Å². The summed E-state index contributed by atoms with van der Waals surface area (Å²) in [5.41, 5.74) is 2.10. The second kappa shape index (κ2) is 7.37. The number of anilines is 1. The fourth-order valence-electron chi connectivity index (χ4n) is 2.33. The van der Waals surface area contributed by atoms with Gasteiger partial charge in [0.05, 0.1) is 0 Å². The highest BCUT2D eigenvalue weighted by molar-refractivity contribution is 8.00. The number of benzene rings is 1. The molecule has 0 atom stereocenters. The van der Waals surface area contributed by atoms with Crippen LogP contribution in [0.3, 0.4) is 0 Å². The molecule has 6 nitrogen and oxygen atoms in total. The van der Waals surface area contributed by atoms with Crippen LogP contribution in [0.4, 0.5) is 5.69 Å². The summed E-state index contributed by atoms with van der Waals surface area (Å²) in [6.07, 6.45) is 3.27. The molecule has 1 aromatic carbocycles. The van der Waals surface area contributed by atoms with Crippen LogP contribution < -0.4 is 10.9 Å². The van der Waals surface area contributed by atoms with E-state index in [1.807, 2.05) is 30.5 Å². The molecule has 2 aromatic heterocycles. The number of thiazole rings is 1. The third-order valence-electron chi connectivity index (χ3n) is 3.71. The number of thioether (sulfide) groups is 1. The zero-order chi connectivity index (χ0) is 18.0. The molecule has 0 saturated heterocycles. The van der Waals surface area contributed by atoms with Gasteiger partial charge in [-0.3, -0.25) is 14.2 Å². The van der Waals surface area contributed by atoms with E-state index < -0.39 is 0 Å². The number of nitrogens with one attached hydrogen (secondary N) is 1. The molecule has 8 heteroatoms. The minimum absolute atomic E-state index is 0.0831. The predicted octanol–water partition coefficient (Wildman–Crippen LogP) is 3.34. The Morgan fingerprint density at radius 2 is 2.04 bits per heavy atom. The van der Waals surface area contributed by atoms with Crippen LogP contribution in [0.2, 0.25) is 0 Å². The number of nitrogens with zero attached hydrogens (tertiary/aromatic N) is 3. The zero-order valence-corrected chi connectivity index (χ0v) is 15.8. The highest BCUT2D eigenvalue weighted by atomic mass is 32.2. The number of aromatic nitrogens is 3. The van der Waals surface area contributed by atoms with E-state index in [9.17, 15) is 9.59 Å². The quantitative estimate of drug-likeness (QED) is 0.693. The highest BCUT2D eigenvalue weighted by Gasteiger charge is 2.12. The summed E-state index contributed by atoms with van der Waals surface area (Å²) in [5, 5.41) is 2.81. The Bertz CT molecular complexity index is 961. The lowest BCUT2D eigenvalue weighted by atomic mass is 10.0. The standard InChI is InChI=1S/C17H18N4O2S2/c1-10(2)11-4-6-12(7-5-11)19-13(22)8-21-9-18-15-14(16(21)23)25-17(20-15)24-3/h4-7,9-10H,8H2,1-3H3,(H,19,22). The van der Waals surface area contributed by atoms with Crippen molar-refractivity contribution < 1.29 is 4.79 Å². The van der Waals surface area contributed by atoms with Crippen LogP contribution in [-0.2, 0) is 11.3 Å². The van der Waals surface area contributed by atoms with Gasteiger partial charge in [0.15, 0.2) is 9.99 Å². The summed E-state index contributed by atoms with van der Waals surface area (Å²) in [5.74, 6) is 0.168. The maximum atomic E-state index is 12.5. The summed E-state index contributed by atoms with van der Waals surface area (Å²) in [6.45, 7) is 4.15. The second-order valence-electron chi connectivity index (χ2n) is 5.84. The lowest BCUT2D eigenvalue weighted by Gasteiger charge is -2.09. The number of carbonyl (C=O) groups excluding carboxylic acids is 1. The first-order valence-electron chi connectivity index (χ1n) is 7.77. The number of rotatable bonds is 5. The summed E-state index contributed by atoms with van der Waals surface area (Å²) < 4.78 is 2.57. The SMILES string of the molecule is CSc1nc2ncn(CC(=O)Nc3ccc(C(C)C)cc3)c(=O)c2s1. The van der Waals surface area contributed by atoms with E-state index in [-0.39, 0.29) is 18.0 Å². The first kappa shape index (κ1) is 17.6. The molecule has 3 aromatic rings. The fraction of sp³-hybridized carbons (Fsp3) is 0.294. The number of hydrogen-bond donors (Lipinski definition) is 1. The van der Waals surface area contributed by atoms with Gasteiger partial charge in [-0.05, 0) is 29.9 Å². The Morgan fingerprint density at radius 1 is 1.32 bits per heavy atom. The molecule has 0 fully saturated rings. The van der Waals surface area contributed by atoms with Gasteiger partial charge >= 0.3 is 0 Å². The summed E-state index contributed by atoms with van der Waals surface area (Å²) in [4.78, 5) is 33.1. The van der Waals surface area contributed by atoms with E-state index in [0.29, 0.717) is 22.0 Å². The van der Waals surface area contributed by atoms with Gasteiger partial charge in [0, 0.05) is 5.69 Å². The van der Waals surface area contributed by atoms with Crippen molar-refractivity contribution in [2.24, 2.45) is 0 Å². The Morgan fingerprint density at radius 3 is 2.68 bits per heavy atom. The van der Waals surface area contributed by atoms with Crippen LogP contribution in [0.1, 0.15) is 25.3 Å². The van der Waals surface area contributed by atoms with E-state index in [0.717, 1.165) is 4.34 Å². The first-order valence-corrected chi connectivity index (χ1v) is 9.82. The van der Waals surface area contributed by atoms with Gasteiger partial charge in [0.25, 0.3) is 5.56 Å². The van der Waals surface area contributed by atoms with Crippen molar-refractivity contribution in [1.82, 2.24) is 14.5 Å². The van der Waals surface area contributed by atoms with Gasteiger partial charge in [-0.1, -0.05) is 37.7 Å². The Kier molecular flexibility index (Phi) is 5.19. The molecule has 0 unspecified atom stereocenters. The molecule has 0 aliphatic rings. The minimum atomic E-state index is -0.268. The van der Waals surface area contributed by atoms with Crippen LogP contribution in [0.15, 0.2) is 39.7 Å². The third kappa shape index (κ3) is 3.91. The molecule has 1 amide bonds. The predicted molar refractivity (Wildman–Crippen MR) is 103 cm³/mol. The number of hydrogen-bond acceptors (Lipinski definition) is 6. The van der Waals surface area contributed by atoms with Gasteiger partial charge in [0.2, 0.25) is 5.91 Å². The molecule has 1 N–H and O–H groups in total. The lowest BCUT2D eigenvalue weighted by Crippen LogP contribution is -2.27. The Balaban J connectivity index is 1.75. The second-order valence-corrected chi connectivity index (χ2v) is 7.89. The van der Waals surface area contributed by atoms with E-state index in [1.54, 1.807) is 0 Å². The Labute approximate surface area is 153 Å². The third-order valence-corrected chi connectivity index (χ3v) is 5.73. The molecule has 0 bridgehead atoms. The average Bonchev–Trinajstić information content (AvgIpc) is 3.02. The Hall–Kier alpha value is -2.19. The van der Waals surface area contributed by atoms with Crippen molar-refractivity contribution in [2.75, 3.05) is 11.6 Å². The lowest BCUT2D eigenvalue weighted by molar-refractivity contribution is -0.116. The molecular weight excluding hydrogens is 356 g/mol. The van der Waals surface area contributed by atoms with Gasteiger partial charge in [0.1, 0.15) is 17.6 Å². The molecule has 2 heterocycles. The number of carbonyl (C=O) groups is 1. The molecule has 130 valence electrons. The van der Waals surface area contributed by atoms with Crippen molar-refractivity contribution >= 4 is 45.0 Å². The van der Waals surface area contributed by atoms with E-state index in [2.05, 4.69) is 29.1 Å². The molecule has 0 aliphatic carbocycles. The van der Waals surface area contributed by atoms with E-state index >= 15 is 0 Å². The maximum Gasteiger partial charge on any atom is 0.273 e. The molecule has 3 rings (SSSR count). The van der Waals surface area contributed by atoms with E-state index in [4.69, 9.17) is 0 Å². The molecule has 0 spiro atoms. The monoisotopic (exact) mass is 374 g/mol. The van der Waals surface area contributed by atoms with Crippen LogP contribution in [0.5, 0.6) is 0 Å². The van der Waals surface area contributed by atoms with Gasteiger partial charge in [-0.15, -0.1) is 11.3 Å².